The summed E-state index contributed by atoms with van der Waals surface area (Å²) >= 11 is 0. The molecule has 0 radical (unpaired) electrons. The van der Waals surface area contributed by atoms with E-state index in [0.717, 1.165) is 12.8 Å². The van der Waals surface area contributed by atoms with Gasteiger partial charge in [-0.15, -0.1) is 0 Å². The third-order valence-electron chi connectivity index (χ3n) is 3.17. The third kappa shape index (κ3) is 1.91. The van der Waals surface area contributed by atoms with Gasteiger partial charge in [0.15, 0.2) is 5.78 Å². The Kier molecular flexibility index (Phi) is 2.54. The van der Waals surface area contributed by atoms with Crippen LogP contribution in [0.5, 0.6) is 0 Å². The fourth-order valence-corrected chi connectivity index (χ4v) is 2.35. The molecule has 0 bridgehead atoms. The summed E-state index contributed by atoms with van der Waals surface area (Å²) in [6.45, 7) is 4.79. The molecule has 2 aliphatic rings. The van der Waals surface area contributed by atoms with Crippen molar-refractivity contribution in [3.8, 4) is 0 Å². The molecule has 2 rings (SSSR count). The average Bonchev–Trinajstić information content (AvgIpc) is 2.71. The summed E-state index contributed by atoms with van der Waals surface area (Å²) in [7, 11) is 0. The van der Waals surface area contributed by atoms with Crippen molar-refractivity contribution in [1.29, 1.82) is 0 Å². The van der Waals surface area contributed by atoms with Gasteiger partial charge in [0.25, 0.3) is 5.91 Å². The number of ketones is 1. The van der Waals surface area contributed by atoms with Gasteiger partial charge in [-0.2, -0.15) is 0 Å². The smallest absolute Gasteiger partial charge is 0.252 e. The number of Topliss-reactive ketones (excluding diaryl/α,β-unsaturated/α-hetero) is 1. The number of nitrogens with zero attached hydrogens (tertiary/aromatic N) is 1. The summed E-state index contributed by atoms with van der Waals surface area (Å²) in [5, 5.41) is 0. The molecule has 1 unspecified atom stereocenters. The predicted octanol–water partition coefficient (Wildman–Crippen LogP) is 0.745. The number of hydrogen-bond donors (Lipinski definition) is 0. The van der Waals surface area contributed by atoms with E-state index in [2.05, 4.69) is 0 Å². The molecule has 15 heavy (non-hydrogen) atoms. The fourth-order valence-electron chi connectivity index (χ4n) is 2.35. The second-order valence-corrected chi connectivity index (χ2v) is 4.95. The standard InChI is InChI=1S/C11H17NO3/c1-11(2)6-8(13)7-12(11)10(14)9-4-3-5-15-9/h9H,3-7H2,1-2H3. The number of amides is 1. The van der Waals surface area contributed by atoms with Crippen LogP contribution in [0, 0.1) is 0 Å². The van der Waals surface area contributed by atoms with Crippen molar-refractivity contribution in [2.45, 2.75) is 44.8 Å². The molecule has 2 heterocycles. The Bertz CT molecular complexity index is 292. The van der Waals surface area contributed by atoms with E-state index in [9.17, 15) is 9.59 Å². The molecular weight excluding hydrogens is 194 g/mol. The molecule has 0 aromatic carbocycles. The second kappa shape index (κ2) is 3.59. The van der Waals surface area contributed by atoms with Crippen LogP contribution in [0.25, 0.3) is 0 Å². The van der Waals surface area contributed by atoms with Gasteiger partial charge in [-0.3, -0.25) is 9.59 Å². The van der Waals surface area contributed by atoms with Gasteiger partial charge in [0.2, 0.25) is 0 Å². The molecule has 84 valence electrons. The molecule has 4 heteroatoms. The minimum absolute atomic E-state index is 0.0108. The van der Waals surface area contributed by atoms with E-state index in [4.69, 9.17) is 4.74 Å². The Hall–Kier alpha value is -0.900. The van der Waals surface area contributed by atoms with Gasteiger partial charge in [0.05, 0.1) is 6.54 Å². The zero-order valence-electron chi connectivity index (χ0n) is 9.28. The minimum atomic E-state index is -0.333. The number of likely N-dealkylation sites (tertiary alicyclic amines) is 1. The summed E-state index contributed by atoms with van der Waals surface area (Å²) in [5.74, 6) is 0.134. The van der Waals surface area contributed by atoms with Gasteiger partial charge in [-0.1, -0.05) is 0 Å². The van der Waals surface area contributed by atoms with Gasteiger partial charge < -0.3 is 9.64 Å². The van der Waals surface area contributed by atoms with E-state index in [-0.39, 0.29) is 29.9 Å². The molecular formula is C11H17NO3. The van der Waals surface area contributed by atoms with Crippen molar-refractivity contribution < 1.29 is 14.3 Å². The van der Waals surface area contributed by atoms with Crippen LogP contribution in [0.15, 0.2) is 0 Å². The van der Waals surface area contributed by atoms with E-state index in [1.165, 1.54) is 0 Å². The van der Waals surface area contributed by atoms with Gasteiger partial charge >= 0.3 is 0 Å². The van der Waals surface area contributed by atoms with Crippen LogP contribution in [0.2, 0.25) is 0 Å². The quantitative estimate of drug-likeness (QED) is 0.643. The molecule has 0 aliphatic carbocycles. The first-order valence-electron chi connectivity index (χ1n) is 5.45. The summed E-state index contributed by atoms with van der Waals surface area (Å²) in [6, 6.07) is 0. The van der Waals surface area contributed by atoms with Crippen LogP contribution < -0.4 is 0 Å². The summed E-state index contributed by atoms with van der Waals surface area (Å²) in [4.78, 5) is 25.1. The van der Waals surface area contributed by atoms with Crippen molar-refractivity contribution in [1.82, 2.24) is 4.90 Å². The Labute approximate surface area is 89.6 Å². The Morgan fingerprint density at radius 1 is 1.53 bits per heavy atom. The number of carbonyl (C=O) groups is 2. The van der Waals surface area contributed by atoms with Gasteiger partial charge in [0.1, 0.15) is 6.10 Å². The van der Waals surface area contributed by atoms with E-state index < -0.39 is 0 Å². The molecule has 0 aromatic heterocycles. The Balaban J connectivity index is 2.09. The van der Waals surface area contributed by atoms with Crippen LogP contribution in [-0.2, 0) is 14.3 Å². The van der Waals surface area contributed by atoms with Crippen LogP contribution in [-0.4, -0.2) is 41.4 Å². The maximum absolute atomic E-state index is 12.1. The Morgan fingerprint density at radius 2 is 2.27 bits per heavy atom. The first-order chi connectivity index (χ1) is 7.00. The predicted molar refractivity (Wildman–Crippen MR) is 54.4 cm³/mol. The molecule has 2 fully saturated rings. The van der Waals surface area contributed by atoms with Crippen molar-refractivity contribution in [3.63, 3.8) is 0 Å². The normalized spacial score (nSPS) is 29.9. The molecule has 0 aromatic rings. The molecule has 0 spiro atoms. The maximum atomic E-state index is 12.1. The zero-order valence-corrected chi connectivity index (χ0v) is 9.28. The van der Waals surface area contributed by atoms with Crippen molar-refractivity contribution in [2.24, 2.45) is 0 Å². The largest absolute Gasteiger partial charge is 0.368 e. The van der Waals surface area contributed by atoms with Crippen molar-refractivity contribution >= 4 is 11.7 Å². The second-order valence-electron chi connectivity index (χ2n) is 4.95. The van der Waals surface area contributed by atoms with Crippen LogP contribution in [0.3, 0.4) is 0 Å². The van der Waals surface area contributed by atoms with E-state index in [1.54, 1.807) is 4.90 Å². The number of rotatable bonds is 1. The highest BCUT2D eigenvalue weighted by molar-refractivity contribution is 5.92. The van der Waals surface area contributed by atoms with E-state index in [1.807, 2.05) is 13.8 Å². The summed E-state index contributed by atoms with van der Waals surface area (Å²) in [6.07, 6.45) is 1.89. The van der Waals surface area contributed by atoms with E-state index in [0.29, 0.717) is 13.0 Å². The molecule has 1 atom stereocenters. The highest BCUT2D eigenvalue weighted by Gasteiger charge is 2.43. The van der Waals surface area contributed by atoms with Crippen LogP contribution >= 0.6 is 0 Å². The topological polar surface area (TPSA) is 46.6 Å². The first kappa shape index (κ1) is 10.6. The lowest BCUT2D eigenvalue weighted by Crippen LogP contribution is -2.47. The number of ether oxygens (including phenoxy) is 1. The first-order valence-corrected chi connectivity index (χ1v) is 5.45. The average molecular weight is 211 g/mol. The number of hydrogen-bond acceptors (Lipinski definition) is 3. The number of carbonyl (C=O) groups excluding carboxylic acids is 2. The monoisotopic (exact) mass is 211 g/mol. The molecule has 1 amide bonds. The lowest BCUT2D eigenvalue weighted by molar-refractivity contribution is -0.144. The highest BCUT2D eigenvalue weighted by atomic mass is 16.5. The molecule has 2 aliphatic heterocycles. The third-order valence-corrected chi connectivity index (χ3v) is 3.17. The zero-order chi connectivity index (χ0) is 11.1. The molecule has 0 saturated carbocycles. The van der Waals surface area contributed by atoms with Gasteiger partial charge in [-0.25, -0.2) is 0 Å². The minimum Gasteiger partial charge on any atom is -0.368 e. The maximum Gasteiger partial charge on any atom is 0.252 e. The van der Waals surface area contributed by atoms with Gasteiger partial charge in [-0.05, 0) is 26.7 Å². The summed E-state index contributed by atoms with van der Waals surface area (Å²) in [5.41, 5.74) is -0.333. The van der Waals surface area contributed by atoms with E-state index >= 15 is 0 Å². The van der Waals surface area contributed by atoms with Crippen LogP contribution in [0.1, 0.15) is 33.1 Å². The lowest BCUT2D eigenvalue weighted by Gasteiger charge is -2.32. The molecule has 0 N–H and O–H groups in total. The van der Waals surface area contributed by atoms with Gasteiger partial charge in [0, 0.05) is 18.6 Å². The summed E-state index contributed by atoms with van der Waals surface area (Å²) < 4.78 is 5.35. The molecule has 4 nitrogen and oxygen atoms in total. The Morgan fingerprint density at radius 3 is 2.73 bits per heavy atom. The lowest BCUT2D eigenvalue weighted by atomic mass is 10.0. The molecule has 2 saturated heterocycles. The SMILES string of the molecule is CC1(C)CC(=O)CN1C(=O)C1CCCO1. The van der Waals surface area contributed by atoms with Crippen molar-refractivity contribution in [2.75, 3.05) is 13.2 Å². The van der Waals surface area contributed by atoms with Crippen molar-refractivity contribution in [3.05, 3.63) is 0 Å². The van der Waals surface area contributed by atoms with Crippen LogP contribution in [0.4, 0.5) is 0 Å². The fraction of sp³-hybridized carbons (Fsp3) is 0.818. The highest BCUT2D eigenvalue weighted by Crippen LogP contribution is 2.28.